The van der Waals surface area contributed by atoms with Gasteiger partial charge in [-0.05, 0) is 24.3 Å². The summed E-state index contributed by atoms with van der Waals surface area (Å²) in [4.78, 5) is 34.8. The van der Waals surface area contributed by atoms with Crippen LogP contribution in [0.4, 0.5) is 11.4 Å². The summed E-state index contributed by atoms with van der Waals surface area (Å²) in [5, 5.41) is 27.1. The second-order valence-electron chi connectivity index (χ2n) is 5.56. The van der Waals surface area contributed by atoms with Gasteiger partial charge in [-0.15, -0.1) is 0 Å². The summed E-state index contributed by atoms with van der Waals surface area (Å²) in [7, 11) is 1.42. The molecule has 0 aliphatic carbocycles. The van der Waals surface area contributed by atoms with Gasteiger partial charge in [0.1, 0.15) is 11.4 Å². The van der Waals surface area contributed by atoms with Gasteiger partial charge in [0.05, 0.1) is 12.0 Å². The lowest BCUT2D eigenvalue weighted by Gasteiger charge is -2.12. The summed E-state index contributed by atoms with van der Waals surface area (Å²) >= 11 is 0. The molecule has 0 saturated heterocycles. The summed E-state index contributed by atoms with van der Waals surface area (Å²) in [6, 6.07) is 12.5. The highest BCUT2D eigenvalue weighted by Crippen LogP contribution is 2.22. The molecular formula is C18H14N4O6. The predicted molar refractivity (Wildman–Crippen MR) is 99.1 cm³/mol. The Bertz CT molecular complexity index is 1110. The molecule has 1 amide bonds. The number of anilines is 1. The van der Waals surface area contributed by atoms with E-state index in [4.69, 9.17) is 4.74 Å². The molecule has 0 bridgehead atoms. The van der Waals surface area contributed by atoms with E-state index < -0.39 is 27.8 Å². The summed E-state index contributed by atoms with van der Waals surface area (Å²) in [5.41, 5.74) is -0.646. The molecule has 0 atom stereocenters. The molecule has 1 aromatic heterocycles. The molecule has 2 N–H and O–H groups in total. The van der Waals surface area contributed by atoms with Crippen LogP contribution in [0, 0.1) is 10.1 Å². The van der Waals surface area contributed by atoms with Gasteiger partial charge in [-0.3, -0.25) is 19.7 Å². The Kier molecular flexibility index (Phi) is 5.03. The van der Waals surface area contributed by atoms with E-state index in [1.54, 1.807) is 24.3 Å². The summed E-state index contributed by atoms with van der Waals surface area (Å²) < 4.78 is 6.13. The van der Waals surface area contributed by atoms with Crippen molar-refractivity contribution in [3.05, 3.63) is 80.8 Å². The Balaban J connectivity index is 1.96. The minimum absolute atomic E-state index is 0.135. The number of non-ortho nitro benzene ring substituents is 1. The average Bonchev–Trinajstić information content (AvgIpc) is 2.68. The number of nitrogens with one attached hydrogen (secondary N) is 1. The number of rotatable bonds is 5. The van der Waals surface area contributed by atoms with Crippen molar-refractivity contribution in [1.29, 1.82) is 0 Å². The van der Waals surface area contributed by atoms with E-state index in [1.165, 1.54) is 31.4 Å². The van der Waals surface area contributed by atoms with Crippen molar-refractivity contribution in [1.82, 2.24) is 9.78 Å². The highest BCUT2D eigenvalue weighted by Gasteiger charge is 2.18. The van der Waals surface area contributed by atoms with Crippen LogP contribution in [0.1, 0.15) is 10.5 Å². The number of hydrogen-bond donors (Lipinski definition) is 2. The lowest BCUT2D eigenvalue weighted by atomic mass is 10.2. The van der Waals surface area contributed by atoms with Gasteiger partial charge in [0, 0.05) is 23.9 Å². The standard InChI is InChI=1S/C18H14N4O6/c1-28-15-5-3-2-4-13(15)21-16(24)10-14(23)17(20-21)18(25)19-11-6-8-12(9-7-11)22(26)27/h2-10,23H,1H3,(H,19,25). The third kappa shape index (κ3) is 3.65. The van der Waals surface area contributed by atoms with Crippen LogP contribution in [0.15, 0.2) is 59.4 Å². The van der Waals surface area contributed by atoms with Crippen LogP contribution in [0.2, 0.25) is 0 Å². The van der Waals surface area contributed by atoms with Crippen molar-refractivity contribution in [2.75, 3.05) is 12.4 Å². The van der Waals surface area contributed by atoms with Crippen molar-refractivity contribution in [2.45, 2.75) is 0 Å². The number of nitrogens with zero attached hydrogens (tertiary/aromatic N) is 3. The number of hydrogen-bond acceptors (Lipinski definition) is 7. The minimum Gasteiger partial charge on any atom is -0.505 e. The van der Waals surface area contributed by atoms with E-state index in [-0.39, 0.29) is 11.4 Å². The molecule has 0 saturated carbocycles. The van der Waals surface area contributed by atoms with Crippen LogP contribution in [0.3, 0.4) is 0 Å². The number of carbonyl (C=O) groups is 1. The van der Waals surface area contributed by atoms with Gasteiger partial charge in [-0.1, -0.05) is 12.1 Å². The van der Waals surface area contributed by atoms with E-state index in [0.717, 1.165) is 10.7 Å². The predicted octanol–water partition coefficient (Wildman–Crippen LogP) is 2.11. The molecule has 0 aliphatic rings. The molecule has 2 aromatic carbocycles. The van der Waals surface area contributed by atoms with Crippen LogP contribution in [-0.2, 0) is 0 Å². The summed E-state index contributed by atoms with van der Waals surface area (Å²) in [6.45, 7) is 0. The molecule has 0 radical (unpaired) electrons. The molecule has 10 nitrogen and oxygen atoms in total. The van der Waals surface area contributed by atoms with Gasteiger partial charge in [-0.2, -0.15) is 9.78 Å². The monoisotopic (exact) mass is 382 g/mol. The quantitative estimate of drug-likeness (QED) is 0.509. The smallest absolute Gasteiger partial charge is 0.279 e. The Labute approximate surface area is 157 Å². The zero-order valence-electron chi connectivity index (χ0n) is 14.5. The van der Waals surface area contributed by atoms with Gasteiger partial charge in [-0.25, -0.2) is 0 Å². The Hall–Kier alpha value is -4.21. The van der Waals surface area contributed by atoms with Crippen molar-refractivity contribution in [3.63, 3.8) is 0 Å². The first-order valence-electron chi connectivity index (χ1n) is 7.93. The Morgan fingerprint density at radius 3 is 2.54 bits per heavy atom. The van der Waals surface area contributed by atoms with Crippen LogP contribution in [0.5, 0.6) is 11.5 Å². The van der Waals surface area contributed by atoms with Crippen LogP contribution in [-0.4, -0.2) is 32.8 Å². The number of para-hydroxylation sites is 2. The van der Waals surface area contributed by atoms with Gasteiger partial charge >= 0.3 is 0 Å². The average molecular weight is 382 g/mol. The number of ether oxygens (including phenoxy) is 1. The molecule has 142 valence electrons. The maximum atomic E-state index is 12.5. The molecule has 0 unspecified atom stereocenters. The maximum Gasteiger partial charge on any atom is 0.279 e. The molecule has 3 aromatic rings. The molecule has 28 heavy (non-hydrogen) atoms. The normalized spacial score (nSPS) is 10.3. The first-order valence-corrected chi connectivity index (χ1v) is 7.93. The number of methoxy groups -OCH3 is 1. The SMILES string of the molecule is COc1ccccc1-n1nc(C(=O)Nc2ccc([N+](=O)[O-])cc2)c(O)cc1=O. The number of amides is 1. The second kappa shape index (κ2) is 7.58. The number of aromatic nitrogens is 2. The van der Waals surface area contributed by atoms with Gasteiger partial charge in [0.25, 0.3) is 17.2 Å². The van der Waals surface area contributed by atoms with Crippen molar-refractivity contribution >= 4 is 17.3 Å². The molecular weight excluding hydrogens is 368 g/mol. The van der Waals surface area contributed by atoms with Crippen LogP contribution < -0.4 is 15.6 Å². The molecule has 1 heterocycles. The minimum atomic E-state index is -0.796. The van der Waals surface area contributed by atoms with Gasteiger partial charge in [0.2, 0.25) is 0 Å². The number of aromatic hydroxyl groups is 1. The van der Waals surface area contributed by atoms with E-state index in [2.05, 4.69) is 10.4 Å². The van der Waals surface area contributed by atoms with Gasteiger partial charge in [0.15, 0.2) is 11.4 Å². The highest BCUT2D eigenvalue weighted by atomic mass is 16.6. The molecule has 3 rings (SSSR count). The van der Waals surface area contributed by atoms with E-state index >= 15 is 0 Å². The first-order chi connectivity index (χ1) is 13.4. The van der Waals surface area contributed by atoms with E-state index in [1.807, 2.05) is 0 Å². The number of carbonyl (C=O) groups excluding carboxylic acids is 1. The van der Waals surface area contributed by atoms with E-state index in [9.17, 15) is 24.8 Å². The van der Waals surface area contributed by atoms with Gasteiger partial charge < -0.3 is 15.2 Å². The Morgan fingerprint density at radius 2 is 1.89 bits per heavy atom. The third-order valence-electron chi connectivity index (χ3n) is 3.78. The summed E-state index contributed by atoms with van der Waals surface area (Å²) in [6.07, 6.45) is 0. The van der Waals surface area contributed by atoms with Crippen molar-refractivity contribution in [2.24, 2.45) is 0 Å². The third-order valence-corrected chi connectivity index (χ3v) is 3.78. The largest absolute Gasteiger partial charge is 0.505 e. The molecule has 0 spiro atoms. The van der Waals surface area contributed by atoms with Crippen molar-refractivity contribution in [3.8, 4) is 17.2 Å². The lowest BCUT2D eigenvalue weighted by Crippen LogP contribution is -2.25. The Morgan fingerprint density at radius 1 is 1.21 bits per heavy atom. The zero-order valence-corrected chi connectivity index (χ0v) is 14.5. The first kappa shape index (κ1) is 18.6. The molecule has 0 aliphatic heterocycles. The van der Waals surface area contributed by atoms with Crippen LogP contribution >= 0.6 is 0 Å². The lowest BCUT2D eigenvalue weighted by molar-refractivity contribution is -0.384. The second-order valence-corrected chi connectivity index (χ2v) is 5.56. The fourth-order valence-corrected chi connectivity index (χ4v) is 2.44. The number of nitro benzene ring substituents is 1. The highest BCUT2D eigenvalue weighted by molar-refractivity contribution is 6.04. The van der Waals surface area contributed by atoms with Crippen LogP contribution in [0.25, 0.3) is 5.69 Å². The molecule has 10 heteroatoms. The maximum absolute atomic E-state index is 12.5. The summed E-state index contributed by atoms with van der Waals surface area (Å²) in [5.74, 6) is -1.05. The fraction of sp³-hybridized carbons (Fsp3) is 0.0556. The number of nitro groups is 1. The fourth-order valence-electron chi connectivity index (χ4n) is 2.44. The van der Waals surface area contributed by atoms with Crippen molar-refractivity contribution < 1.29 is 19.6 Å². The topological polar surface area (TPSA) is 137 Å². The van der Waals surface area contributed by atoms with E-state index in [0.29, 0.717) is 11.4 Å². The number of benzene rings is 2. The molecule has 0 fully saturated rings. The zero-order chi connectivity index (χ0) is 20.3.